The van der Waals surface area contributed by atoms with E-state index in [1.54, 1.807) is 43.3 Å². The highest BCUT2D eigenvalue weighted by atomic mass is 32.2. The fraction of sp³-hybridized carbons (Fsp3) is 0.250. The molecule has 1 amide bonds. The van der Waals surface area contributed by atoms with Gasteiger partial charge in [0.05, 0.1) is 22.6 Å². The van der Waals surface area contributed by atoms with Gasteiger partial charge < -0.3 is 19.8 Å². The molecule has 2 aliphatic heterocycles. The fourth-order valence-electron chi connectivity index (χ4n) is 4.41. The zero-order valence-electron chi connectivity index (χ0n) is 18.1. The number of amides is 1. The van der Waals surface area contributed by atoms with E-state index in [4.69, 9.17) is 9.47 Å². The first-order valence-corrected chi connectivity index (χ1v) is 12.5. The summed E-state index contributed by atoms with van der Waals surface area (Å²) in [6.45, 7) is 2.00. The quantitative estimate of drug-likeness (QED) is 0.408. The van der Waals surface area contributed by atoms with Gasteiger partial charge in [0.15, 0.2) is 0 Å². The smallest absolute Gasteiger partial charge is 0.338 e. The number of thioether (sulfide) groups is 1. The monoisotopic (exact) mass is 496 g/mol. The van der Waals surface area contributed by atoms with Gasteiger partial charge in [-0.1, -0.05) is 29.5 Å². The molecule has 2 atom stereocenters. The number of aromatic amines is 1. The summed E-state index contributed by atoms with van der Waals surface area (Å²) in [5.74, 6) is -1.02. The van der Waals surface area contributed by atoms with E-state index < -0.39 is 23.3 Å². The number of hydrogen-bond donors (Lipinski definition) is 2. The van der Waals surface area contributed by atoms with Crippen molar-refractivity contribution in [1.29, 1.82) is 0 Å². The van der Waals surface area contributed by atoms with Gasteiger partial charge in [0.25, 0.3) is 0 Å². The number of carbonyl (C=O) groups is 3. The van der Waals surface area contributed by atoms with Crippen LogP contribution in [-0.2, 0) is 14.3 Å². The van der Waals surface area contributed by atoms with Crippen molar-refractivity contribution >= 4 is 46.6 Å². The lowest BCUT2D eigenvalue weighted by atomic mass is 9.68. The van der Waals surface area contributed by atoms with E-state index in [1.165, 1.54) is 11.8 Å². The maximum atomic E-state index is 13.3. The first-order chi connectivity index (χ1) is 16.4. The van der Waals surface area contributed by atoms with E-state index in [2.05, 4.69) is 10.3 Å². The van der Waals surface area contributed by atoms with Gasteiger partial charge in [0.1, 0.15) is 5.75 Å². The number of nitrogens with one attached hydrogen (secondary N) is 2. The summed E-state index contributed by atoms with van der Waals surface area (Å²) in [5.41, 5.74) is 0.493. The zero-order valence-corrected chi connectivity index (χ0v) is 19.7. The van der Waals surface area contributed by atoms with Gasteiger partial charge in [0.2, 0.25) is 5.91 Å². The third kappa shape index (κ3) is 3.82. The lowest BCUT2D eigenvalue weighted by Gasteiger charge is -2.44. The van der Waals surface area contributed by atoms with Crippen molar-refractivity contribution in [2.45, 2.75) is 24.3 Å². The summed E-state index contributed by atoms with van der Waals surface area (Å²) in [6, 6.07) is 13.6. The summed E-state index contributed by atoms with van der Waals surface area (Å²) in [7, 11) is 0. The number of fused-ring (bicyclic) bond motifs is 5. The van der Waals surface area contributed by atoms with Crippen LogP contribution in [-0.4, -0.2) is 35.2 Å². The Morgan fingerprint density at radius 1 is 1.18 bits per heavy atom. The SMILES string of the molecule is CCOC(=O)c1ccc(NC(=O)C[C@]23CSc4[nH]c(=O)sc4[C@@H]2c2ccccc2OC3=O)cc1. The van der Waals surface area contributed by atoms with Crippen LogP contribution < -0.4 is 14.9 Å². The summed E-state index contributed by atoms with van der Waals surface area (Å²) in [6.07, 6.45) is -0.122. The average Bonchev–Trinajstić information content (AvgIpc) is 3.20. The van der Waals surface area contributed by atoms with Crippen LogP contribution in [0.1, 0.15) is 40.1 Å². The van der Waals surface area contributed by atoms with Gasteiger partial charge in [-0.25, -0.2) is 4.79 Å². The third-order valence-corrected chi connectivity index (χ3v) is 8.27. The second-order valence-corrected chi connectivity index (χ2v) is 10.0. The maximum absolute atomic E-state index is 13.3. The third-order valence-electron chi connectivity index (χ3n) is 5.93. The number of hydrogen-bond acceptors (Lipinski definition) is 8. The number of ether oxygens (including phenoxy) is 2. The highest BCUT2D eigenvalue weighted by Crippen LogP contribution is 2.58. The number of para-hydroxylation sites is 1. The number of rotatable bonds is 5. The largest absolute Gasteiger partial charge is 0.462 e. The van der Waals surface area contributed by atoms with Crippen molar-refractivity contribution in [2.75, 3.05) is 17.7 Å². The van der Waals surface area contributed by atoms with E-state index in [-0.39, 0.29) is 23.8 Å². The summed E-state index contributed by atoms with van der Waals surface area (Å²) < 4.78 is 10.7. The van der Waals surface area contributed by atoms with E-state index >= 15 is 0 Å². The van der Waals surface area contributed by atoms with Crippen molar-refractivity contribution in [3.8, 4) is 5.75 Å². The Morgan fingerprint density at radius 2 is 1.94 bits per heavy atom. The minimum Gasteiger partial charge on any atom is -0.462 e. The van der Waals surface area contributed by atoms with Crippen LogP contribution in [0.15, 0.2) is 58.4 Å². The molecule has 1 aromatic heterocycles. The van der Waals surface area contributed by atoms with Crippen LogP contribution in [0.2, 0.25) is 0 Å². The zero-order chi connectivity index (χ0) is 23.9. The predicted molar refractivity (Wildman–Crippen MR) is 128 cm³/mol. The number of H-pyrrole nitrogens is 1. The molecule has 0 bridgehead atoms. The van der Waals surface area contributed by atoms with Crippen LogP contribution in [0.25, 0.3) is 0 Å². The van der Waals surface area contributed by atoms with Gasteiger partial charge in [-0.3, -0.25) is 14.4 Å². The molecule has 0 radical (unpaired) electrons. The summed E-state index contributed by atoms with van der Waals surface area (Å²) in [5, 5.41) is 3.55. The van der Waals surface area contributed by atoms with E-state index in [1.807, 2.05) is 12.1 Å². The van der Waals surface area contributed by atoms with Gasteiger partial charge >= 0.3 is 16.8 Å². The molecule has 0 saturated heterocycles. The first-order valence-electron chi connectivity index (χ1n) is 10.7. The van der Waals surface area contributed by atoms with Crippen LogP contribution in [0.3, 0.4) is 0 Å². The number of carbonyl (C=O) groups excluding carboxylic acids is 3. The maximum Gasteiger partial charge on any atom is 0.338 e. The molecule has 34 heavy (non-hydrogen) atoms. The Kier molecular flexibility index (Phi) is 5.78. The van der Waals surface area contributed by atoms with E-state index in [0.29, 0.717) is 22.8 Å². The average molecular weight is 497 g/mol. The normalized spacial score (nSPS) is 20.4. The molecule has 8 nitrogen and oxygen atoms in total. The highest BCUT2D eigenvalue weighted by Gasteiger charge is 2.57. The minimum atomic E-state index is -1.16. The molecule has 0 spiro atoms. The molecular formula is C24H20N2O6S2. The molecule has 174 valence electrons. The van der Waals surface area contributed by atoms with Gasteiger partial charge in [-0.2, -0.15) is 0 Å². The minimum absolute atomic E-state index is 0.122. The first kappa shape index (κ1) is 22.4. The van der Waals surface area contributed by atoms with E-state index in [0.717, 1.165) is 26.8 Å². The molecule has 2 aromatic carbocycles. The van der Waals surface area contributed by atoms with Crippen LogP contribution in [0.5, 0.6) is 5.75 Å². The molecule has 0 aliphatic carbocycles. The second-order valence-electron chi connectivity index (χ2n) is 8.04. The lowest BCUT2D eigenvalue weighted by molar-refractivity contribution is -0.149. The van der Waals surface area contributed by atoms with Gasteiger partial charge in [-0.15, -0.1) is 11.8 Å². The number of thiazole rings is 1. The Bertz CT molecular complexity index is 1350. The van der Waals surface area contributed by atoms with Crippen molar-refractivity contribution < 1.29 is 23.9 Å². The topological polar surface area (TPSA) is 115 Å². The Morgan fingerprint density at radius 3 is 2.71 bits per heavy atom. The Labute approximate surface area is 202 Å². The molecule has 0 saturated carbocycles. The number of esters is 2. The number of aromatic nitrogens is 1. The molecule has 3 heterocycles. The summed E-state index contributed by atoms with van der Waals surface area (Å²) in [4.78, 5) is 53.9. The van der Waals surface area contributed by atoms with Crippen molar-refractivity contribution in [3.05, 3.63) is 74.2 Å². The van der Waals surface area contributed by atoms with Crippen LogP contribution >= 0.6 is 23.1 Å². The fourth-order valence-corrected chi connectivity index (χ4v) is 6.96. The van der Waals surface area contributed by atoms with E-state index in [9.17, 15) is 19.2 Å². The van der Waals surface area contributed by atoms with Crippen molar-refractivity contribution in [2.24, 2.45) is 5.41 Å². The van der Waals surface area contributed by atoms with Gasteiger partial charge in [0, 0.05) is 34.2 Å². The van der Waals surface area contributed by atoms with Gasteiger partial charge in [-0.05, 0) is 37.3 Å². The molecule has 10 heteroatoms. The lowest BCUT2D eigenvalue weighted by Crippen LogP contribution is -2.49. The standard InChI is InChI=1S/C24H20N2O6S2/c1-2-31-21(28)13-7-9-14(10-8-13)25-17(27)11-24-12-33-20-19(34-23(30)26-20)18(24)15-5-3-4-6-16(15)32-22(24)29/h3-10,18H,2,11-12H2,1H3,(H,25,27)(H,26,30)/t18-,24-/m0/s1. The molecule has 2 aliphatic rings. The number of anilines is 1. The van der Waals surface area contributed by atoms with Crippen molar-refractivity contribution in [3.63, 3.8) is 0 Å². The molecule has 0 fully saturated rings. The molecular weight excluding hydrogens is 476 g/mol. The Balaban J connectivity index is 1.45. The predicted octanol–water partition coefficient (Wildman–Crippen LogP) is 3.78. The second kappa shape index (κ2) is 8.77. The summed E-state index contributed by atoms with van der Waals surface area (Å²) >= 11 is 2.42. The highest BCUT2D eigenvalue weighted by molar-refractivity contribution is 7.99. The van der Waals surface area contributed by atoms with Crippen LogP contribution in [0, 0.1) is 5.41 Å². The molecule has 2 N–H and O–H groups in total. The molecule has 3 aromatic rings. The molecule has 0 unspecified atom stereocenters. The Hall–Kier alpha value is -3.37. The number of benzene rings is 2. The van der Waals surface area contributed by atoms with Crippen LogP contribution in [0.4, 0.5) is 5.69 Å². The van der Waals surface area contributed by atoms with Crippen molar-refractivity contribution in [1.82, 2.24) is 4.98 Å². The molecule has 5 rings (SSSR count).